The first-order valence-corrected chi connectivity index (χ1v) is 9.06. The Hall–Kier alpha value is -2.65. The van der Waals surface area contributed by atoms with Crippen molar-refractivity contribution in [2.75, 3.05) is 13.7 Å². The summed E-state index contributed by atoms with van der Waals surface area (Å²) in [7, 11) is 1.57. The summed E-state index contributed by atoms with van der Waals surface area (Å²) in [6.45, 7) is -0.205. The zero-order valence-corrected chi connectivity index (χ0v) is 16.9. The fraction of sp³-hybridized carbons (Fsp3) is 0.167. The van der Waals surface area contributed by atoms with E-state index < -0.39 is 5.91 Å². The molecule has 0 saturated carbocycles. The Kier molecular flexibility index (Phi) is 8.02. The van der Waals surface area contributed by atoms with Crippen LogP contribution in [0.25, 0.3) is 0 Å². The number of nitrogens with one attached hydrogen (secondary N) is 3. The Morgan fingerprint density at radius 1 is 0.963 bits per heavy atom. The second kappa shape index (κ2) is 10.5. The monoisotopic (exact) mass is 451 g/mol. The molecular weight excluding hydrogens is 434 g/mol. The number of benzene rings is 2. The van der Waals surface area contributed by atoms with Crippen LogP contribution in [0.2, 0.25) is 0 Å². The lowest BCUT2D eigenvalue weighted by molar-refractivity contribution is -0.122. The van der Waals surface area contributed by atoms with Gasteiger partial charge in [0.25, 0.3) is 5.91 Å². The van der Waals surface area contributed by atoms with Gasteiger partial charge in [-0.05, 0) is 54.2 Å². The molecule has 7 nitrogen and oxygen atoms in total. The number of thiocarbonyl (C=S) groups is 1. The molecule has 0 bridgehead atoms. The second-order valence-electron chi connectivity index (χ2n) is 5.32. The molecule has 2 aromatic carbocycles. The predicted octanol–water partition coefficient (Wildman–Crippen LogP) is 2.10. The molecule has 2 aromatic rings. The Balaban J connectivity index is 1.67. The summed E-state index contributed by atoms with van der Waals surface area (Å²) in [6.07, 6.45) is 0.153. The van der Waals surface area contributed by atoms with Gasteiger partial charge in [-0.2, -0.15) is 0 Å². The highest BCUT2D eigenvalue weighted by atomic mass is 79.9. The first kappa shape index (κ1) is 20.7. The van der Waals surface area contributed by atoms with Gasteiger partial charge < -0.3 is 9.47 Å². The highest BCUT2D eigenvalue weighted by Crippen LogP contribution is 2.15. The topological polar surface area (TPSA) is 88.7 Å². The summed E-state index contributed by atoms with van der Waals surface area (Å²) in [6, 6.07) is 14.2. The average molecular weight is 452 g/mol. The van der Waals surface area contributed by atoms with E-state index in [-0.39, 0.29) is 24.0 Å². The van der Waals surface area contributed by atoms with E-state index in [2.05, 4.69) is 32.1 Å². The SMILES string of the molecule is COc1ccc(CC(=O)NNC(=S)NC(=O)COc2ccc(Br)cc2)cc1. The normalized spacial score (nSPS) is 9.85. The van der Waals surface area contributed by atoms with E-state index >= 15 is 0 Å². The molecule has 0 atom stereocenters. The van der Waals surface area contributed by atoms with Crippen LogP contribution in [0.15, 0.2) is 53.0 Å². The molecule has 0 aromatic heterocycles. The van der Waals surface area contributed by atoms with Gasteiger partial charge in [-0.15, -0.1) is 0 Å². The van der Waals surface area contributed by atoms with E-state index in [9.17, 15) is 9.59 Å². The van der Waals surface area contributed by atoms with Crippen molar-refractivity contribution in [1.82, 2.24) is 16.2 Å². The fourth-order valence-electron chi connectivity index (χ4n) is 1.97. The van der Waals surface area contributed by atoms with E-state index in [0.717, 1.165) is 10.0 Å². The molecule has 0 fully saturated rings. The van der Waals surface area contributed by atoms with Crippen molar-refractivity contribution in [2.45, 2.75) is 6.42 Å². The summed E-state index contributed by atoms with van der Waals surface area (Å²) >= 11 is 8.27. The molecule has 2 rings (SSSR count). The lowest BCUT2D eigenvalue weighted by atomic mass is 10.1. The van der Waals surface area contributed by atoms with Crippen molar-refractivity contribution in [2.24, 2.45) is 0 Å². The molecule has 0 unspecified atom stereocenters. The van der Waals surface area contributed by atoms with Gasteiger partial charge in [0, 0.05) is 4.47 Å². The van der Waals surface area contributed by atoms with Gasteiger partial charge in [-0.1, -0.05) is 28.1 Å². The van der Waals surface area contributed by atoms with Gasteiger partial charge >= 0.3 is 0 Å². The second-order valence-corrected chi connectivity index (χ2v) is 6.64. The zero-order chi connectivity index (χ0) is 19.6. The Labute approximate surface area is 170 Å². The first-order valence-electron chi connectivity index (χ1n) is 7.86. The molecule has 0 radical (unpaired) electrons. The van der Waals surface area contributed by atoms with Crippen LogP contribution >= 0.6 is 28.1 Å². The summed E-state index contributed by atoms with van der Waals surface area (Å²) in [5.74, 6) is 0.522. The van der Waals surface area contributed by atoms with Gasteiger partial charge in [0.2, 0.25) is 5.91 Å². The molecule has 0 aliphatic carbocycles. The smallest absolute Gasteiger partial charge is 0.264 e. The largest absolute Gasteiger partial charge is 0.497 e. The molecule has 9 heteroatoms. The minimum absolute atomic E-state index is 0.0255. The number of hydrogen-bond acceptors (Lipinski definition) is 5. The number of methoxy groups -OCH3 is 1. The Bertz CT molecular complexity index is 797. The van der Waals surface area contributed by atoms with Crippen molar-refractivity contribution in [3.8, 4) is 11.5 Å². The average Bonchev–Trinajstić information content (AvgIpc) is 2.66. The van der Waals surface area contributed by atoms with Crippen LogP contribution in [-0.4, -0.2) is 30.6 Å². The molecule has 3 N–H and O–H groups in total. The van der Waals surface area contributed by atoms with E-state index in [1.807, 2.05) is 0 Å². The Morgan fingerprint density at radius 2 is 1.59 bits per heavy atom. The highest BCUT2D eigenvalue weighted by molar-refractivity contribution is 9.10. The van der Waals surface area contributed by atoms with Crippen LogP contribution in [0.3, 0.4) is 0 Å². The van der Waals surface area contributed by atoms with Gasteiger partial charge in [0.1, 0.15) is 11.5 Å². The van der Waals surface area contributed by atoms with Crippen LogP contribution in [0, 0.1) is 0 Å². The molecule has 0 saturated heterocycles. The molecule has 0 heterocycles. The van der Waals surface area contributed by atoms with Crippen molar-refractivity contribution < 1.29 is 19.1 Å². The highest BCUT2D eigenvalue weighted by Gasteiger charge is 2.08. The minimum Gasteiger partial charge on any atom is -0.497 e. The number of rotatable bonds is 6. The molecular formula is C18H18BrN3O4S. The van der Waals surface area contributed by atoms with E-state index in [4.69, 9.17) is 21.7 Å². The van der Waals surface area contributed by atoms with Crippen molar-refractivity contribution in [3.05, 3.63) is 58.6 Å². The number of halogens is 1. The molecule has 2 amide bonds. The maximum absolute atomic E-state index is 11.9. The van der Waals surface area contributed by atoms with Gasteiger partial charge in [-0.3, -0.25) is 25.8 Å². The number of hydrogen-bond donors (Lipinski definition) is 3. The lowest BCUT2D eigenvalue weighted by Gasteiger charge is -2.11. The van der Waals surface area contributed by atoms with Crippen molar-refractivity contribution in [3.63, 3.8) is 0 Å². The third kappa shape index (κ3) is 7.63. The Morgan fingerprint density at radius 3 is 2.22 bits per heavy atom. The third-order valence-electron chi connectivity index (χ3n) is 3.28. The molecule has 0 aliphatic heterocycles. The van der Waals surface area contributed by atoms with Crippen LogP contribution in [0.5, 0.6) is 11.5 Å². The van der Waals surface area contributed by atoms with Gasteiger partial charge in [0.15, 0.2) is 11.7 Å². The summed E-state index contributed by atoms with van der Waals surface area (Å²) in [5, 5.41) is 2.39. The maximum Gasteiger partial charge on any atom is 0.264 e. The maximum atomic E-state index is 11.9. The predicted molar refractivity (Wildman–Crippen MR) is 108 cm³/mol. The van der Waals surface area contributed by atoms with Crippen LogP contribution in [0.4, 0.5) is 0 Å². The van der Waals surface area contributed by atoms with E-state index in [1.165, 1.54) is 0 Å². The van der Waals surface area contributed by atoms with Gasteiger partial charge in [0.05, 0.1) is 13.5 Å². The number of hydrazine groups is 1. The number of carbonyl (C=O) groups is 2. The summed E-state index contributed by atoms with van der Waals surface area (Å²) in [5.41, 5.74) is 5.71. The standard InChI is InChI=1S/C18H18BrN3O4S/c1-25-14-6-2-12(3-7-14)10-16(23)21-22-18(27)20-17(24)11-26-15-8-4-13(19)5-9-15/h2-9H,10-11H2,1H3,(H,21,23)(H2,20,22,24,27). The number of ether oxygens (including phenoxy) is 2. The third-order valence-corrected chi connectivity index (χ3v) is 4.01. The fourth-order valence-corrected chi connectivity index (χ4v) is 2.40. The molecule has 0 spiro atoms. The number of carbonyl (C=O) groups excluding carboxylic acids is 2. The first-order chi connectivity index (χ1) is 13.0. The number of amides is 2. The van der Waals surface area contributed by atoms with Crippen LogP contribution in [0.1, 0.15) is 5.56 Å². The van der Waals surface area contributed by atoms with Crippen molar-refractivity contribution in [1.29, 1.82) is 0 Å². The van der Waals surface area contributed by atoms with E-state index in [0.29, 0.717) is 11.5 Å². The van der Waals surface area contributed by atoms with Crippen molar-refractivity contribution >= 4 is 45.1 Å². The van der Waals surface area contributed by atoms with Gasteiger partial charge in [-0.25, -0.2) is 0 Å². The quantitative estimate of drug-likeness (QED) is 0.460. The van der Waals surface area contributed by atoms with E-state index in [1.54, 1.807) is 55.6 Å². The molecule has 142 valence electrons. The molecule has 27 heavy (non-hydrogen) atoms. The summed E-state index contributed by atoms with van der Waals surface area (Å²) < 4.78 is 11.3. The lowest BCUT2D eigenvalue weighted by Crippen LogP contribution is -2.49. The minimum atomic E-state index is -0.445. The van der Waals surface area contributed by atoms with Crippen LogP contribution < -0.4 is 25.6 Å². The molecule has 0 aliphatic rings. The van der Waals surface area contributed by atoms with Crippen LogP contribution in [-0.2, 0) is 16.0 Å². The summed E-state index contributed by atoms with van der Waals surface area (Å²) in [4.78, 5) is 23.7. The zero-order valence-electron chi connectivity index (χ0n) is 14.5.